The number of nitro groups is 1. The average Bonchev–Trinajstić information content (AvgIpc) is 3.56. The number of nitrogens with zero attached hydrogens (tertiary/aromatic N) is 3. The number of aromatic nitrogens is 1. The number of esters is 1. The van der Waals surface area contributed by atoms with Crippen LogP contribution in [0, 0.1) is 17.0 Å². The van der Waals surface area contributed by atoms with E-state index in [0.717, 1.165) is 23.1 Å². The molecule has 0 spiro atoms. The van der Waals surface area contributed by atoms with Crippen molar-refractivity contribution in [3.8, 4) is 11.3 Å². The van der Waals surface area contributed by atoms with Gasteiger partial charge in [-0.15, -0.1) is 0 Å². The molecule has 2 aromatic carbocycles. The number of allylic oxidation sites excluding steroid dienone is 1. The molecule has 0 N–H and O–H groups in total. The average molecular weight is 600 g/mol. The Morgan fingerprint density at radius 2 is 1.91 bits per heavy atom. The Balaban J connectivity index is 1.66. The Labute approximate surface area is 252 Å². The standard InChI is InChI=1S/C33H33N3O6S/c1-6-8-26-29(32(38)41-7-2)30(22-12-10-21(11-13-22)19(3)4)35-31(37)28(43-33(35)34-26)18-24-15-16-27(42-24)25-17-23(36(39)40)14-9-20(25)5/h9-19,30H,6-8H2,1-5H3/b28-18-. The number of carbonyl (C=O) groups is 1. The molecule has 4 aromatic rings. The highest BCUT2D eigenvalue weighted by molar-refractivity contribution is 7.07. The first-order valence-corrected chi connectivity index (χ1v) is 15.1. The molecule has 222 valence electrons. The van der Waals surface area contributed by atoms with Gasteiger partial charge >= 0.3 is 5.97 Å². The van der Waals surface area contributed by atoms with Crippen molar-refractivity contribution in [3.63, 3.8) is 0 Å². The predicted octanol–water partition coefficient (Wildman–Crippen LogP) is 6.18. The van der Waals surface area contributed by atoms with Gasteiger partial charge in [-0.1, -0.05) is 68.9 Å². The molecule has 43 heavy (non-hydrogen) atoms. The van der Waals surface area contributed by atoms with Gasteiger partial charge in [-0.05, 0) is 55.0 Å². The number of nitro benzene ring substituents is 1. The summed E-state index contributed by atoms with van der Waals surface area (Å²) < 4.78 is 13.5. The zero-order valence-corrected chi connectivity index (χ0v) is 25.6. The molecule has 0 radical (unpaired) electrons. The summed E-state index contributed by atoms with van der Waals surface area (Å²) >= 11 is 1.23. The second-order valence-electron chi connectivity index (χ2n) is 10.7. The van der Waals surface area contributed by atoms with Crippen LogP contribution >= 0.6 is 11.3 Å². The lowest BCUT2D eigenvalue weighted by Gasteiger charge is -2.26. The van der Waals surface area contributed by atoms with Gasteiger partial charge in [-0.25, -0.2) is 9.79 Å². The van der Waals surface area contributed by atoms with E-state index in [9.17, 15) is 19.7 Å². The second kappa shape index (κ2) is 12.3. The fourth-order valence-electron chi connectivity index (χ4n) is 5.19. The summed E-state index contributed by atoms with van der Waals surface area (Å²) in [7, 11) is 0. The molecular formula is C33H33N3O6S. The van der Waals surface area contributed by atoms with Crippen LogP contribution in [0.5, 0.6) is 0 Å². The molecule has 1 aliphatic heterocycles. The summed E-state index contributed by atoms with van der Waals surface area (Å²) in [6.45, 7) is 10.1. The molecule has 0 aliphatic carbocycles. The zero-order valence-electron chi connectivity index (χ0n) is 24.7. The van der Waals surface area contributed by atoms with Crippen molar-refractivity contribution in [1.82, 2.24) is 4.57 Å². The number of hydrogen-bond acceptors (Lipinski definition) is 8. The summed E-state index contributed by atoms with van der Waals surface area (Å²) in [5.41, 5.74) is 4.03. The molecule has 0 saturated heterocycles. The van der Waals surface area contributed by atoms with Crippen LogP contribution in [0.1, 0.15) is 74.9 Å². The molecular weight excluding hydrogens is 566 g/mol. The van der Waals surface area contributed by atoms with Gasteiger partial charge in [-0.3, -0.25) is 19.5 Å². The largest absolute Gasteiger partial charge is 0.463 e. The van der Waals surface area contributed by atoms with Crippen LogP contribution in [0.3, 0.4) is 0 Å². The van der Waals surface area contributed by atoms with Crippen molar-refractivity contribution >= 4 is 29.1 Å². The van der Waals surface area contributed by atoms with Crippen LogP contribution in [0.25, 0.3) is 17.4 Å². The molecule has 0 bridgehead atoms. The molecule has 1 unspecified atom stereocenters. The topological polar surface area (TPSA) is 117 Å². The number of fused-ring (bicyclic) bond motifs is 1. The lowest BCUT2D eigenvalue weighted by molar-refractivity contribution is -0.384. The lowest BCUT2D eigenvalue weighted by Crippen LogP contribution is -2.40. The fourth-order valence-corrected chi connectivity index (χ4v) is 6.19. The normalized spacial score (nSPS) is 15.0. The van der Waals surface area contributed by atoms with Crippen molar-refractivity contribution in [1.29, 1.82) is 0 Å². The Bertz CT molecular complexity index is 1910. The van der Waals surface area contributed by atoms with Crippen LogP contribution in [-0.2, 0) is 9.53 Å². The number of non-ortho nitro benzene ring substituents is 1. The molecule has 1 atom stereocenters. The first-order valence-electron chi connectivity index (χ1n) is 14.3. The van der Waals surface area contributed by atoms with Crippen LogP contribution in [0.2, 0.25) is 0 Å². The van der Waals surface area contributed by atoms with E-state index in [2.05, 4.69) is 13.8 Å². The van der Waals surface area contributed by atoms with Gasteiger partial charge in [0.15, 0.2) is 4.80 Å². The number of furan rings is 1. The van der Waals surface area contributed by atoms with Gasteiger partial charge in [0.25, 0.3) is 11.2 Å². The van der Waals surface area contributed by atoms with Gasteiger partial charge < -0.3 is 9.15 Å². The number of benzene rings is 2. The van der Waals surface area contributed by atoms with Gasteiger partial charge in [-0.2, -0.15) is 0 Å². The molecule has 0 amide bonds. The molecule has 0 fully saturated rings. The maximum Gasteiger partial charge on any atom is 0.338 e. The van der Waals surface area contributed by atoms with Crippen LogP contribution < -0.4 is 14.9 Å². The maximum absolute atomic E-state index is 14.0. The van der Waals surface area contributed by atoms with Gasteiger partial charge in [0.05, 0.1) is 33.4 Å². The van der Waals surface area contributed by atoms with Gasteiger partial charge in [0.2, 0.25) is 0 Å². The third-order valence-electron chi connectivity index (χ3n) is 7.41. The Morgan fingerprint density at radius 1 is 1.16 bits per heavy atom. The third-order valence-corrected chi connectivity index (χ3v) is 8.39. The molecule has 9 nitrogen and oxygen atoms in total. The van der Waals surface area contributed by atoms with Crippen LogP contribution in [-0.4, -0.2) is 22.1 Å². The van der Waals surface area contributed by atoms with E-state index >= 15 is 0 Å². The molecule has 5 rings (SSSR count). The van der Waals surface area contributed by atoms with Crippen molar-refractivity contribution in [2.45, 2.75) is 59.4 Å². The SMILES string of the molecule is CCCC1=C(C(=O)OCC)C(c2ccc(C(C)C)cc2)n2c(s/c(=C\c3ccc(-c4cc([N+](=O)[O-])ccc4C)o3)c2=O)=N1. The van der Waals surface area contributed by atoms with E-state index in [4.69, 9.17) is 14.1 Å². The molecule has 10 heteroatoms. The number of aryl methyl sites for hydroxylation is 1. The highest BCUT2D eigenvalue weighted by atomic mass is 32.1. The Hall–Kier alpha value is -4.57. The van der Waals surface area contributed by atoms with Crippen molar-refractivity contribution < 1.29 is 18.9 Å². The van der Waals surface area contributed by atoms with E-state index in [1.807, 2.05) is 38.1 Å². The molecule has 2 aromatic heterocycles. The molecule has 0 saturated carbocycles. The second-order valence-corrected chi connectivity index (χ2v) is 11.7. The van der Waals surface area contributed by atoms with Crippen LogP contribution in [0.4, 0.5) is 5.69 Å². The Kier molecular flexibility index (Phi) is 8.59. The summed E-state index contributed by atoms with van der Waals surface area (Å²) in [6.07, 6.45) is 2.97. The minimum absolute atomic E-state index is 0.0337. The maximum atomic E-state index is 14.0. The van der Waals surface area contributed by atoms with Crippen molar-refractivity contribution in [2.24, 2.45) is 4.99 Å². The zero-order chi connectivity index (χ0) is 30.8. The summed E-state index contributed by atoms with van der Waals surface area (Å²) in [6, 6.07) is 15.3. The van der Waals surface area contributed by atoms with Crippen LogP contribution in [0.15, 0.2) is 80.1 Å². The monoisotopic (exact) mass is 599 g/mol. The minimum atomic E-state index is -0.695. The Morgan fingerprint density at radius 3 is 2.56 bits per heavy atom. The van der Waals surface area contributed by atoms with E-state index in [-0.39, 0.29) is 17.9 Å². The summed E-state index contributed by atoms with van der Waals surface area (Å²) in [4.78, 5) is 43.5. The summed E-state index contributed by atoms with van der Waals surface area (Å²) in [5.74, 6) is 0.723. The molecule has 1 aliphatic rings. The van der Waals surface area contributed by atoms with Crippen molar-refractivity contribution in [2.75, 3.05) is 6.61 Å². The lowest BCUT2D eigenvalue weighted by atomic mass is 9.92. The number of carbonyl (C=O) groups excluding carboxylic acids is 1. The number of rotatable bonds is 9. The summed E-state index contributed by atoms with van der Waals surface area (Å²) in [5, 5.41) is 11.3. The van der Waals surface area contributed by atoms with Crippen molar-refractivity contribution in [3.05, 3.63) is 118 Å². The number of thiazole rings is 1. The first-order chi connectivity index (χ1) is 20.6. The smallest absolute Gasteiger partial charge is 0.338 e. The highest BCUT2D eigenvalue weighted by Gasteiger charge is 2.34. The van der Waals surface area contributed by atoms with E-state index in [0.29, 0.717) is 50.0 Å². The van der Waals surface area contributed by atoms with E-state index < -0.39 is 16.9 Å². The highest BCUT2D eigenvalue weighted by Crippen LogP contribution is 2.33. The van der Waals surface area contributed by atoms with Gasteiger partial charge in [0.1, 0.15) is 11.5 Å². The predicted molar refractivity (Wildman–Crippen MR) is 166 cm³/mol. The quantitative estimate of drug-likeness (QED) is 0.129. The third kappa shape index (κ3) is 5.87. The van der Waals surface area contributed by atoms with E-state index in [1.165, 1.54) is 23.5 Å². The van der Waals surface area contributed by atoms with E-state index in [1.54, 1.807) is 35.8 Å². The number of ether oxygens (including phenoxy) is 1. The number of hydrogen-bond donors (Lipinski definition) is 0. The molecule has 3 heterocycles. The first kappa shape index (κ1) is 29.9. The fraction of sp³-hybridized carbons (Fsp3) is 0.303. The van der Waals surface area contributed by atoms with Gasteiger partial charge in [0, 0.05) is 23.8 Å². The minimum Gasteiger partial charge on any atom is -0.463 e.